The molecule has 0 aliphatic carbocycles. The number of carbonyl (C=O) groups excluding carboxylic acids is 1. The molecule has 1 heterocycles. The molecule has 7 heteroatoms. The predicted octanol–water partition coefficient (Wildman–Crippen LogP) is 4.22. The van der Waals surface area contributed by atoms with Crippen molar-refractivity contribution in [1.82, 2.24) is 10.3 Å². The maximum atomic E-state index is 13.3. The average Bonchev–Trinajstić information content (AvgIpc) is 2.82. The molecule has 164 valence electrons. The van der Waals surface area contributed by atoms with Crippen LogP contribution in [0, 0.1) is 11.3 Å². The number of anilines is 1. The minimum Gasteiger partial charge on any atom is -0.478 e. The summed E-state index contributed by atoms with van der Waals surface area (Å²) in [6.07, 6.45) is 0. The quantitative estimate of drug-likeness (QED) is 0.500. The average molecular weight is 431 g/mol. The molecule has 1 amide bonds. The van der Waals surface area contributed by atoms with Gasteiger partial charge in [-0.2, -0.15) is 10.2 Å². The van der Waals surface area contributed by atoms with Gasteiger partial charge in [0.25, 0.3) is 0 Å². The zero-order valence-corrected chi connectivity index (χ0v) is 18.2. The summed E-state index contributed by atoms with van der Waals surface area (Å²) in [5, 5.41) is 15.3. The van der Waals surface area contributed by atoms with Crippen LogP contribution in [0.2, 0.25) is 0 Å². The van der Waals surface area contributed by atoms with Crippen LogP contribution >= 0.6 is 0 Å². The molecule has 1 aromatic heterocycles. The second kappa shape index (κ2) is 11.4. The van der Waals surface area contributed by atoms with E-state index in [2.05, 4.69) is 21.7 Å². The van der Waals surface area contributed by atoms with Crippen molar-refractivity contribution in [2.24, 2.45) is 0 Å². The highest BCUT2D eigenvalue weighted by molar-refractivity contribution is 5.86. The molecule has 0 saturated heterocycles. The van der Waals surface area contributed by atoms with Crippen molar-refractivity contribution in [3.8, 4) is 17.8 Å². The molecule has 2 aromatic carbocycles. The Hall–Kier alpha value is -4.05. The third kappa shape index (κ3) is 6.22. The van der Waals surface area contributed by atoms with Gasteiger partial charge in [0.05, 0.1) is 24.8 Å². The second-order valence-corrected chi connectivity index (χ2v) is 6.91. The lowest BCUT2D eigenvalue weighted by Gasteiger charge is -2.21. The molecule has 0 radical (unpaired) electrons. The Bertz CT molecular complexity index is 1040. The third-order valence-electron chi connectivity index (χ3n) is 4.62. The molecule has 0 saturated carbocycles. The standard InChI is InChI=1S/C25H26N4O3/c1-3-31-22-14-20(15-23(29-22)32-4-2)24(28-21-12-10-18(16-26)11-13-21)25(30)27-17-19-8-6-5-7-9-19/h5-15,24,28H,3-4,17H2,1-2H3,(H,27,30)/t24-/m0/s1. The Balaban J connectivity index is 1.91. The minimum absolute atomic E-state index is 0.214. The van der Waals surface area contributed by atoms with Gasteiger partial charge in [0.2, 0.25) is 17.7 Å². The van der Waals surface area contributed by atoms with Crippen molar-refractivity contribution in [3.63, 3.8) is 0 Å². The van der Waals surface area contributed by atoms with Crippen molar-refractivity contribution in [3.05, 3.63) is 83.4 Å². The lowest BCUT2D eigenvalue weighted by Crippen LogP contribution is -2.33. The van der Waals surface area contributed by atoms with Gasteiger partial charge in [-0.3, -0.25) is 4.79 Å². The first-order valence-corrected chi connectivity index (χ1v) is 10.5. The second-order valence-electron chi connectivity index (χ2n) is 6.91. The largest absolute Gasteiger partial charge is 0.478 e. The maximum Gasteiger partial charge on any atom is 0.247 e. The van der Waals surface area contributed by atoms with Gasteiger partial charge in [-0.05, 0) is 49.2 Å². The summed E-state index contributed by atoms with van der Waals surface area (Å²) in [6.45, 7) is 5.01. The summed E-state index contributed by atoms with van der Waals surface area (Å²) in [4.78, 5) is 17.6. The van der Waals surface area contributed by atoms with Crippen molar-refractivity contribution in [2.45, 2.75) is 26.4 Å². The van der Waals surface area contributed by atoms with Crippen LogP contribution in [0.25, 0.3) is 0 Å². The van der Waals surface area contributed by atoms with Gasteiger partial charge >= 0.3 is 0 Å². The highest BCUT2D eigenvalue weighted by atomic mass is 16.5. The van der Waals surface area contributed by atoms with E-state index in [1.54, 1.807) is 36.4 Å². The molecular weight excluding hydrogens is 404 g/mol. The maximum absolute atomic E-state index is 13.3. The predicted molar refractivity (Wildman–Crippen MR) is 122 cm³/mol. The topological polar surface area (TPSA) is 96.3 Å². The molecule has 0 bridgehead atoms. The van der Waals surface area contributed by atoms with Crippen LogP contribution in [0.1, 0.15) is 36.6 Å². The van der Waals surface area contributed by atoms with E-state index in [0.717, 1.165) is 5.56 Å². The first-order valence-electron chi connectivity index (χ1n) is 10.5. The normalized spacial score (nSPS) is 11.2. The number of nitrogens with zero attached hydrogens (tertiary/aromatic N) is 2. The summed E-state index contributed by atoms with van der Waals surface area (Å²) < 4.78 is 11.2. The zero-order valence-electron chi connectivity index (χ0n) is 18.2. The van der Waals surface area contributed by atoms with Gasteiger partial charge < -0.3 is 20.1 Å². The first-order chi connectivity index (χ1) is 15.6. The lowest BCUT2D eigenvalue weighted by molar-refractivity contribution is -0.122. The Morgan fingerprint density at radius 2 is 1.62 bits per heavy atom. The SMILES string of the molecule is CCOc1cc([C@H](Nc2ccc(C#N)cc2)C(=O)NCc2ccccc2)cc(OCC)n1. The molecule has 7 nitrogen and oxygen atoms in total. The highest BCUT2D eigenvalue weighted by Gasteiger charge is 2.23. The number of nitrogens with one attached hydrogen (secondary N) is 2. The van der Waals surface area contributed by atoms with E-state index in [4.69, 9.17) is 14.7 Å². The van der Waals surface area contributed by atoms with E-state index in [1.807, 2.05) is 44.2 Å². The number of hydrogen-bond acceptors (Lipinski definition) is 6. The smallest absolute Gasteiger partial charge is 0.247 e. The summed E-state index contributed by atoms with van der Waals surface area (Å²) in [5.41, 5.74) is 2.90. The van der Waals surface area contributed by atoms with Crippen LogP contribution in [0.15, 0.2) is 66.7 Å². The molecule has 3 rings (SSSR count). The Labute approximate surface area is 188 Å². The molecule has 2 N–H and O–H groups in total. The number of nitriles is 1. The zero-order chi connectivity index (χ0) is 22.8. The monoisotopic (exact) mass is 430 g/mol. The Morgan fingerprint density at radius 1 is 1.00 bits per heavy atom. The summed E-state index contributed by atoms with van der Waals surface area (Å²) in [6, 6.07) is 21.5. The highest BCUT2D eigenvalue weighted by Crippen LogP contribution is 2.27. The van der Waals surface area contributed by atoms with E-state index in [-0.39, 0.29) is 5.91 Å². The fraction of sp³-hybridized carbons (Fsp3) is 0.240. The summed E-state index contributed by atoms with van der Waals surface area (Å²) in [5.74, 6) is 0.557. The number of pyridine rings is 1. The van der Waals surface area contributed by atoms with Crippen molar-refractivity contribution in [2.75, 3.05) is 18.5 Å². The van der Waals surface area contributed by atoms with Crippen molar-refractivity contribution >= 4 is 11.6 Å². The summed E-state index contributed by atoms with van der Waals surface area (Å²) >= 11 is 0. The molecule has 0 spiro atoms. The molecular formula is C25H26N4O3. The van der Waals surface area contributed by atoms with E-state index in [9.17, 15) is 4.79 Å². The molecule has 3 aromatic rings. The van der Waals surface area contributed by atoms with Crippen molar-refractivity contribution in [1.29, 1.82) is 5.26 Å². The van der Waals surface area contributed by atoms with Crippen LogP contribution < -0.4 is 20.1 Å². The summed E-state index contributed by atoms with van der Waals surface area (Å²) in [7, 11) is 0. The van der Waals surface area contributed by atoms with Crippen LogP contribution in [0.3, 0.4) is 0 Å². The van der Waals surface area contributed by atoms with E-state index in [0.29, 0.717) is 48.3 Å². The van der Waals surface area contributed by atoms with Gasteiger partial charge in [-0.15, -0.1) is 0 Å². The number of carbonyl (C=O) groups is 1. The van der Waals surface area contributed by atoms with Crippen LogP contribution in [-0.4, -0.2) is 24.1 Å². The van der Waals surface area contributed by atoms with Gasteiger partial charge in [0.1, 0.15) is 6.04 Å². The Kier molecular flexibility index (Phi) is 8.04. The van der Waals surface area contributed by atoms with Gasteiger partial charge in [0.15, 0.2) is 0 Å². The molecule has 0 unspecified atom stereocenters. The number of ether oxygens (including phenoxy) is 2. The molecule has 0 aliphatic rings. The molecule has 0 aliphatic heterocycles. The Morgan fingerprint density at radius 3 is 2.19 bits per heavy atom. The number of benzene rings is 2. The third-order valence-corrected chi connectivity index (χ3v) is 4.62. The number of aromatic nitrogens is 1. The van der Waals surface area contributed by atoms with Crippen molar-refractivity contribution < 1.29 is 14.3 Å². The van der Waals surface area contributed by atoms with Gasteiger partial charge in [-0.1, -0.05) is 30.3 Å². The molecule has 32 heavy (non-hydrogen) atoms. The van der Waals surface area contributed by atoms with E-state index in [1.165, 1.54) is 0 Å². The van der Waals surface area contributed by atoms with Crippen LogP contribution in [0.4, 0.5) is 5.69 Å². The molecule has 0 fully saturated rings. The van der Waals surface area contributed by atoms with Gasteiger partial charge in [-0.25, -0.2) is 0 Å². The number of amides is 1. The minimum atomic E-state index is -0.729. The fourth-order valence-electron chi connectivity index (χ4n) is 3.11. The fourth-order valence-corrected chi connectivity index (χ4v) is 3.11. The number of hydrogen-bond donors (Lipinski definition) is 2. The molecule has 1 atom stereocenters. The van der Waals surface area contributed by atoms with Crippen LogP contribution in [0.5, 0.6) is 11.8 Å². The van der Waals surface area contributed by atoms with E-state index >= 15 is 0 Å². The van der Waals surface area contributed by atoms with Crippen LogP contribution in [-0.2, 0) is 11.3 Å². The lowest BCUT2D eigenvalue weighted by atomic mass is 10.1. The van der Waals surface area contributed by atoms with E-state index < -0.39 is 6.04 Å². The van der Waals surface area contributed by atoms with Gasteiger partial charge in [0, 0.05) is 24.4 Å². The number of rotatable bonds is 10. The first kappa shape index (κ1) is 22.6.